The lowest BCUT2D eigenvalue weighted by molar-refractivity contribution is 0.102. The van der Waals surface area contributed by atoms with Crippen molar-refractivity contribution in [1.29, 1.82) is 0 Å². The van der Waals surface area contributed by atoms with Crippen LogP contribution in [-0.4, -0.2) is 31.1 Å². The first-order valence-corrected chi connectivity index (χ1v) is 9.80. The molecule has 4 rings (SSSR count). The van der Waals surface area contributed by atoms with E-state index in [1.807, 2.05) is 0 Å². The quantitative estimate of drug-likeness (QED) is 0.864. The number of para-hydroxylation sites is 3. The molecule has 1 fully saturated rings. The molecule has 0 radical (unpaired) electrons. The SMILES string of the molecule is O=C1Nc2ccccc2Oc2c1cccc2S(=O)(=O)CC1CS1. The molecule has 2 heterocycles. The molecule has 1 N–H and O–H groups in total. The van der Waals surface area contributed by atoms with Crippen LogP contribution in [0.3, 0.4) is 0 Å². The average Bonchev–Trinajstić information content (AvgIpc) is 3.33. The summed E-state index contributed by atoms with van der Waals surface area (Å²) in [5.41, 5.74) is 0.750. The predicted molar refractivity (Wildman–Crippen MR) is 89.2 cm³/mol. The second-order valence-corrected chi connectivity index (χ2v) is 8.76. The molecule has 2 aliphatic heterocycles. The highest BCUT2D eigenvalue weighted by Crippen LogP contribution is 2.41. The van der Waals surface area contributed by atoms with Crippen molar-refractivity contribution in [2.24, 2.45) is 0 Å². The van der Waals surface area contributed by atoms with Crippen LogP contribution in [0.25, 0.3) is 0 Å². The van der Waals surface area contributed by atoms with Crippen molar-refractivity contribution in [2.45, 2.75) is 10.1 Å². The van der Waals surface area contributed by atoms with Gasteiger partial charge in [0.25, 0.3) is 5.91 Å². The molecule has 1 unspecified atom stereocenters. The summed E-state index contributed by atoms with van der Waals surface area (Å²) >= 11 is 1.62. The van der Waals surface area contributed by atoms with Gasteiger partial charge in [-0.15, -0.1) is 0 Å². The molecular weight excluding hydrogens is 334 g/mol. The highest BCUT2D eigenvalue weighted by Gasteiger charge is 2.34. The molecular formula is C16H13NO4S2. The largest absolute Gasteiger partial charge is 0.453 e. The van der Waals surface area contributed by atoms with Crippen LogP contribution < -0.4 is 10.1 Å². The number of benzene rings is 2. The van der Waals surface area contributed by atoms with Gasteiger partial charge in [-0.25, -0.2) is 8.42 Å². The highest BCUT2D eigenvalue weighted by molar-refractivity contribution is 8.08. The van der Waals surface area contributed by atoms with Crippen LogP contribution in [0, 0.1) is 0 Å². The fourth-order valence-corrected chi connectivity index (χ4v) is 5.33. The van der Waals surface area contributed by atoms with Gasteiger partial charge >= 0.3 is 0 Å². The van der Waals surface area contributed by atoms with Crippen LogP contribution in [0.4, 0.5) is 5.69 Å². The van der Waals surface area contributed by atoms with Gasteiger partial charge in [0.2, 0.25) is 0 Å². The Balaban J connectivity index is 1.86. The van der Waals surface area contributed by atoms with Crippen molar-refractivity contribution >= 4 is 33.2 Å². The minimum Gasteiger partial charge on any atom is -0.453 e. The number of rotatable bonds is 3. The van der Waals surface area contributed by atoms with Crippen molar-refractivity contribution in [3.8, 4) is 11.5 Å². The maximum Gasteiger partial charge on any atom is 0.259 e. The molecule has 2 aromatic carbocycles. The molecule has 0 bridgehead atoms. The summed E-state index contributed by atoms with van der Waals surface area (Å²) in [6, 6.07) is 11.6. The van der Waals surface area contributed by atoms with E-state index in [-0.39, 0.29) is 33.1 Å². The Kier molecular flexibility index (Phi) is 3.35. The molecule has 23 heavy (non-hydrogen) atoms. The van der Waals surface area contributed by atoms with E-state index in [9.17, 15) is 13.2 Å². The van der Waals surface area contributed by atoms with Gasteiger partial charge in [-0.2, -0.15) is 11.8 Å². The summed E-state index contributed by atoms with van der Waals surface area (Å²) in [5, 5.41) is 2.89. The maximum atomic E-state index is 12.7. The lowest BCUT2D eigenvalue weighted by atomic mass is 10.2. The predicted octanol–water partition coefficient (Wildman–Crippen LogP) is 2.93. The highest BCUT2D eigenvalue weighted by atomic mass is 32.2. The fraction of sp³-hybridized carbons (Fsp3) is 0.188. The van der Waals surface area contributed by atoms with Crippen LogP contribution in [-0.2, 0) is 9.84 Å². The number of carbonyl (C=O) groups excluding carboxylic acids is 1. The third-order valence-electron chi connectivity index (χ3n) is 3.71. The number of carbonyl (C=O) groups is 1. The Morgan fingerprint density at radius 1 is 1.17 bits per heavy atom. The molecule has 1 atom stereocenters. The van der Waals surface area contributed by atoms with Gasteiger partial charge in [0.15, 0.2) is 21.3 Å². The second-order valence-electron chi connectivity index (χ2n) is 5.42. The summed E-state index contributed by atoms with van der Waals surface area (Å²) in [6.45, 7) is 0. The van der Waals surface area contributed by atoms with Gasteiger partial charge in [0.05, 0.1) is 17.0 Å². The first-order chi connectivity index (χ1) is 11.0. The van der Waals surface area contributed by atoms with Crippen molar-refractivity contribution in [3.05, 3.63) is 48.0 Å². The number of hydrogen-bond acceptors (Lipinski definition) is 5. The van der Waals surface area contributed by atoms with Gasteiger partial charge in [0, 0.05) is 11.0 Å². The van der Waals surface area contributed by atoms with E-state index in [1.165, 1.54) is 6.07 Å². The lowest BCUT2D eigenvalue weighted by Gasteiger charge is -2.12. The summed E-state index contributed by atoms with van der Waals surface area (Å²) < 4.78 is 31.1. The minimum absolute atomic E-state index is 0.0702. The standard InChI is InChI=1S/C16H13NO4S2/c18-16-11-4-3-7-14(23(19,20)9-10-8-22-10)15(11)21-13-6-2-1-5-12(13)17-16/h1-7,10H,8-9H2,(H,17,18). The number of thioether (sulfide) groups is 1. The van der Waals surface area contributed by atoms with Crippen LogP contribution in [0.5, 0.6) is 11.5 Å². The van der Waals surface area contributed by atoms with Gasteiger partial charge in [-0.3, -0.25) is 4.79 Å². The number of anilines is 1. The Bertz CT molecular complexity index is 904. The first kappa shape index (κ1) is 14.6. The van der Waals surface area contributed by atoms with Crippen molar-refractivity contribution in [2.75, 3.05) is 16.8 Å². The number of sulfone groups is 1. The van der Waals surface area contributed by atoms with Gasteiger partial charge < -0.3 is 10.1 Å². The Hall–Kier alpha value is -1.99. The first-order valence-electron chi connectivity index (χ1n) is 7.10. The Morgan fingerprint density at radius 3 is 2.74 bits per heavy atom. The topological polar surface area (TPSA) is 72.5 Å². The summed E-state index contributed by atoms with van der Waals surface area (Å²) in [4.78, 5) is 12.5. The number of fused-ring (bicyclic) bond motifs is 2. The summed E-state index contributed by atoms with van der Waals surface area (Å²) in [5.74, 6) is 1.10. The van der Waals surface area contributed by atoms with Gasteiger partial charge in [-0.1, -0.05) is 18.2 Å². The monoisotopic (exact) mass is 347 g/mol. The van der Waals surface area contributed by atoms with Crippen LogP contribution in [0.1, 0.15) is 10.4 Å². The van der Waals surface area contributed by atoms with E-state index in [0.29, 0.717) is 11.4 Å². The molecule has 1 saturated heterocycles. The number of hydrogen-bond donors (Lipinski definition) is 1. The van der Waals surface area contributed by atoms with Gasteiger partial charge in [0.1, 0.15) is 4.90 Å². The van der Waals surface area contributed by atoms with Crippen molar-refractivity contribution < 1.29 is 17.9 Å². The zero-order chi connectivity index (χ0) is 16.0. The van der Waals surface area contributed by atoms with Crippen LogP contribution in [0.15, 0.2) is 47.4 Å². The molecule has 118 valence electrons. The zero-order valence-electron chi connectivity index (χ0n) is 12.0. The molecule has 1 amide bonds. The molecule has 0 aliphatic carbocycles. The second kappa shape index (κ2) is 5.28. The zero-order valence-corrected chi connectivity index (χ0v) is 13.6. The molecule has 2 aliphatic rings. The average molecular weight is 347 g/mol. The van der Waals surface area contributed by atoms with Crippen molar-refractivity contribution in [1.82, 2.24) is 0 Å². The normalized spacial score (nSPS) is 19.0. The number of ether oxygens (including phenoxy) is 1. The number of amides is 1. The molecule has 2 aromatic rings. The molecule has 5 nitrogen and oxygen atoms in total. The molecule has 0 saturated carbocycles. The van der Waals surface area contributed by atoms with E-state index >= 15 is 0 Å². The third kappa shape index (κ3) is 2.70. The van der Waals surface area contributed by atoms with E-state index in [1.54, 1.807) is 48.2 Å². The van der Waals surface area contributed by atoms with Crippen LogP contribution >= 0.6 is 11.8 Å². The Morgan fingerprint density at radius 2 is 1.96 bits per heavy atom. The van der Waals surface area contributed by atoms with Crippen molar-refractivity contribution in [3.63, 3.8) is 0 Å². The summed E-state index contributed by atoms with van der Waals surface area (Å²) in [6.07, 6.45) is 0. The molecule has 0 spiro atoms. The molecule has 7 heteroatoms. The van der Waals surface area contributed by atoms with E-state index in [4.69, 9.17) is 4.74 Å². The van der Waals surface area contributed by atoms with E-state index < -0.39 is 9.84 Å². The molecule has 0 aromatic heterocycles. The minimum atomic E-state index is -3.51. The van der Waals surface area contributed by atoms with E-state index in [2.05, 4.69) is 5.32 Å². The Labute approximate surface area is 138 Å². The third-order valence-corrected chi connectivity index (χ3v) is 6.73. The summed E-state index contributed by atoms with van der Waals surface area (Å²) in [7, 11) is -3.51. The van der Waals surface area contributed by atoms with Gasteiger partial charge in [-0.05, 0) is 24.3 Å². The number of nitrogens with one attached hydrogen (secondary N) is 1. The lowest BCUT2D eigenvalue weighted by Crippen LogP contribution is -2.14. The fourth-order valence-electron chi connectivity index (χ4n) is 2.50. The van der Waals surface area contributed by atoms with E-state index in [0.717, 1.165) is 5.75 Å². The van der Waals surface area contributed by atoms with Crippen LogP contribution in [0.2, 0.25) is 0 Å². The maximum absolute atomic E-state index is 12.7. The smallest absolute Gasteiger partial charge is 0.259 e.